The lowest BCUT2D eigenvalue weighted by molar-refractivity contribution is 0.198. The highest BCUT2D eigenvalue weighted by Crippen LogP contribution is 2.26. The Morgan fingerprint density at radius 2 is 1.88 bits per heavy atom. The molecule has 17 heavy (non-hydrogen) atoms. The summed E-state index contributed by atoms with van der Waals surface area (Å²) in [6.45, 7) is 1.70. The number of pyridine rings is 1. The Kier molecular flexibility index (Phi) is 3.76. The van der Waals surface area contributed by atoms with Gasteiger partial charge in [0.05, 0.1) is 6.10 Å². The highest BCUT2D eigenvalue weighted by molar-refractivity contribution is 7.99. The number of nitrogens with zero attached hydrogens (tertiary/aromatic N) is 1. The molecule has 88 valence electrons. The minimum absolute atomic E-state index is 0.244. The predicted octanol–water partition coefficient (Wildman–Crippen LogP) is 3.43. The molecule has 2 nitrogen and oxygen atoms in total. The van der Waals surface area contributed by atoms with E-state index >= 15 is 0 Å². The van der Waals surface area contributed by atoms with Crippen LogP contribution in [0.3, 0.4) is 0 Å². The van der Waals surface area contributed by atoms with Crippen LogP contribution in [0.25, 0.3) is 0 Å². The largest absolute Gasteiger partial charge is 0.389 e. The van der Waals surface area contributed by atoms with Gasteiger partial charge in [-0.1, -0.05) is 17.8 Å². The van der Waals surface area contributed by atoms with E-state index in [1.807, 2.05) is 12.1 Å². The fourth-order valence-corrected chi connectivity index (χ4v) is 2.08. The number of hydrogen-bond acceptors (Lipinski definition) is 3. The van der Waals surface area contributed by atoms with Crippen molar-refractivity contribution in [2.75, 3.05) is 0 Å². The van der Waals surface area contributed by atoms with Crippen molar-refractivity contribution in [2.45, 2.75) is 22.9 Å². The molecule has 0 aliphatic rings. The van der Waals surface area contributed by atoms with Gasteiger partial charge in [-0.05, 0) is 42.8 Å². The van der Waals surface area contributed by atoms with Crippen LogP contribution in [0, 0.1) is 5.82 Å². The molecule has 0 spiro atoms. The van der Waals surface area contributed by atoms with Crippen LogP contribution in [0.5, 0.6) is 0 Å². The summed E-state index contributed by atoms with van der Waals surface area (Å²) in [5, 5.41) is 10.2. The van der Waals surface area contributed by atoms with E-state index < -0.39 is 6.10 Å². The van der Waals surface area contributed by atoms with Gasteiger partial charge in [0.1, 0.15) is 10.8 Å². The van der Waals surface area contributed by atoms with Crippen LogP contribution in [0.1, 0.15) is 18.6 Å². The normalized spacial score (nSPS) is 12.4. The van der Waals surface area contributed by atoms with Crippen LogP contribution in [-0.4, -0.2) is 10.1 Å². The summed E-state index contributed by atoms with van der Waals surface area (Å²) in [5.41, 5.74) is 0.786. The lowest BCUT2D eigenvalue weighted by Gasteiger charge is -2.05. The molecule has 0 aliphatic carbocycles. The molecule has 0 saturated heterocycles. The maximum Gasteiger partial charge on any atom is 0.123 e. The molecule has 4 heteroatoms. The molecule has 2 rings (SSSR count). The molecule has 0 saturated carbocycles. The Hall–Kier alpha value is -1.39. The summed E-state index contributed by atoms with van der Waals surface area (Å²) in [6, 6.07) is 9.95. The average molecular weight is 249 g/mol. The molecular formula is C13H12FNOS. The first-order valence-electron chi connectivity index (χ1n) is 5.22. The molecule has 1 heterocycles. The van der Waals surface area contributed by atoms with E-state index in [1.165, 1.54) is 23.9 Å². The smallest absolute Gasteiger partial charge is 0.123 e. The third-order valence-corrected chi connectivity index (χ3v) is 3.24. The van der Waals surface area contributed by atoms with Crippen LogP contribution in [-0.2, 0) is 0 Å². The third-order valence-electron chi connectivity index (χ3n) is 2.28. The number of aromatic nitrogens is 1. The highest BCUT2D eigenvalue weighted by atomic mass is 32.2. The average Bonchev–Trinajstić information content (AvgIpc) is 2.33. The Morgan fingerprint density at radius 1 is 1.18 bits per heavy atom. The second kappa shape index (κ2) is 5.29. The van der Waals surface area contributed by atoms with Crippen molar-refractivity contribution in [3.05, 3.63) is 54.0 Å². The van der Waals surface area contributed by atoms with Crippen LogP contribution in [0.4, 0.5) is 4.39 Å². The zero-order valence-corrected chi connectivity index (χ0v) is 10.1. The highest BCUT2D eigenvalue weighted by Gasteiger charge is 2.03. The summed E-state index contributed by atoms with van der Waals surface area (Å²) in [4.78, 5) is 5.16. The number of aliphatic hydroxyl groups is 1. The molecule has 0 amide bonds. The lowest BCUT2D eigenvalue weighted by Crippen LogP contribution is -1.92. The van der Waals surface area contributed by atoms with Crippen molar-refractivity contribution < 1.29 is 9.50 Å². The van der Waals surface area contributed by atoms with Crippen molar-refractivity contribution in [3.63, 3.8) is 0 Å². The van der Waals surface area contributed by atoms with Crippen molar-refractivity contribution in [3.8, 4) is 0 Å². The van der Waals surface area contributed by atoms with Gasteiger partial charge in [0.15, 0.2) is 0 Å². The second-order valence-corrected chi connectivity index (χ2v) is 4.76. The molecule has 0 fully saturated rings. The molecular weight excluding hydrogens is 237 g/mol. The van der Waals surface area contributed by atoms with E-state index in [0.717, 1.165) is 15.5 Å². The van der Waals surface area contributed by atoms with E-state index in [1.54, 1.807) is 25.3 Å². The summed E-state index contributed by atoms with van der Waals surface area (Å²) < 4.78 is 12.7. The van der Waals surface area contributed by atoms with Gasteiger partial charge in [-0.3, -0.25) is 0 Å². The standard InChI is InChI=1S/C13H12FNOS/c1-9(16)10-2-7-13(15-8-10)17-12-5-3-11(14)4-6-12/h2-9,16H,1H3/t9-/m1/s1. The number of aliphatic hydroxyl groups excluding tert-OH is 1. The van der Waals surface area contributed by atoms with E-state index in [4.69, 9.17) is 0 Å². The van der Waals surface area contributed by atoms with E-state index in [9.17, 15) is 9.50 Å². The molecule has 1 atom stereocenters. The zero-order valence-electron chi connectivity index (χ0n) is 9.30. The second-order valence-electron chi connectivity index (χ2n) is 3.66. The summed E-state index contributed by atoms with van der Waals surface area (Å²) >= 11 is 1.46. The van der Waals surface area contributed by atoms with E-state index in [0.29, 0.717) is 0 Å². The molecule has 0 radical (unpaired) electrons. The van der Waals surface area contributed by atoms with E-state index in [2.05, 4.69) is 4.98 Å². The first-order valence-corrected chi connectivity index (χ1v) is 6.04. The molecule has 1 aromatic carbocycles. The summed E-state index contributed by atoms with van der Waals surface area (Å²) in [6.07, 6.45) is 1.14. The van der Waals surface area contributed by atoms with Crippen molar-refractivity contribution in [1.82, 2.24) is 4.98 Å². The Balaban J connectivity index is 2.11. The maximum absolute atomic E-state index is 12.7. The van der Waals surface area contributed by atoms with Crippen LogP contribution >= 0.6 is 11.8 Å². The van der Waals surface area contributed by atoms with Gasteiger partial charge in [-0.15, -0.1) is 0 Å². The number of benzene rings is 1. The predicted molar refractivity (Wildman–Crippen MR) is 65.4 cm³/mol. The van der Waals surface area contributed by atoms with Crippen molar-refractivity contribution >= 4 is 11.8 Å². The monoisotopic (exact) mass is 249 g/mol. The molecule has 0 bridgehead atoms. The zero-order chi connectivity index (χ0) is 12.3. The van der Waals surface area contributed by atoms with Gasteiger partial charge in [-0.25, -0.2) is 9.37 Å². The van der Waals surface area contributed by atoms with Gasteiger partial charge >= 0.3 is 0 Å². The minimum atomic E-state index is -0.507. The lowest BCUT2D eigenvalue weighted by atomic mass is 10.2. The van der Waals surface area contributed by atoms with Crippen LogP contribution in [0.15, 0.2) is 52.5 Å². The van der Waals surface area contributed by atoms with Crippen molar-refractivity contribution in [1.29, 1.82) is 0 Å². The molecule has 0 unspecified atom stereocenters. The minimum Gasteiger partial charge on any atom is -0.389 e. The fraction of sp³-hybridized carbons (Fsp3) is 0.154. The number of halogens is 1. The first-order chi connectivity index (χ1) is 8.15. The Morgan fingerprint density at radius 3 is 2.41 bits per heavy atom. The molecule has 2 aromatic rings. The van der Waals surface area contributed by atoms with Gasteiger partial charge < -0.3 is 5.11 Å². The third kappa shape index (κ3) is 3.28. The van der Waals surface area contributed by atoms with Crippen molar-refractivity contribution in [2.24, 2.45) is 0 Å². The Labute approximate surface area is 104 Å². The van der Waals surface area contributed by atoms with Gasteiger partial charge in [0.25, 0.3) is 0 Å². The van der Waals surface area contributed by atoms with E-state index in [-0.39, 0.29) is 5.82 Å². The van der Waals surface area contributed by atoms with Crippen LogP contribution in [0.2, 0.25) is 0 Å². The Bertz CT molecular complexity index is 482. The summed E-state index contributed by atoms with van der Waals surface area (Å²) in [7, 11) is 0. The van der Waals surface area contributed by atoms with Gasteiger partial charge in [0.2, 0.25) is 0 Å². The first kappa shape index (κ1) is 12.1. The number of hydrogen-bond donors (Lipinski definition) is 1. The maximum atomic E-state index is 12.7. The molecule has 1 N–H and O–H groups in total. The topological polar surface area (TPSA) is 33.1 Å². The summed E-state index contributed by atoms with van der Waals surface area (Å²) in [5.74, 6) is -0.244. The fourth-order valence-electron chi connectivity index (χ4n) is 1.32. The van der Waals surface area contributed by atoms with Crippen LogP contribution < -0.4 is 0 Å². The SMILES string of the molecule is C[C@@H](O)c1ccc(Sc2ccc(F)cc2)nc1. The molecule has 0 aliphatic heterocycles. The van der Waals surface area contributed by atoms with Gasteiger partial charge in [-0.2, -0.15) is 0 Å². The molecule has 1 aromatic heterocycles. The quantitative estimate of drug-likeness (QED) is 0.904. The van der Waals surface area contributed by atoms with Gasteiger partial charge in [0, 0.05) is 11.1 Å². The number of rotatable bonds is 3.